The maximum Gasteiger partial charge on any atom is 0.0621 e. The largest absolute Gasteiger partial charge is 0.198 e. The molecule has 0 fully saturated rings. The highest BCUT2D eigenvalue weighted by Gasteiger charge is 2.11. The third-order valence-corrected chi connectivity index (χ3v) is 5.82. The van der Waals surface area contributed by atoms with Crippen molar-refractivity contribution in [3.8, 4) is 6.07 Å². The molecule has 0 bridgehead atoms. The molecule has 0 radical (unpaired) electrons. The van der Waals surface area contributed by atoms with Gasteiger partial charge in [0.2, 0.25) is 0 Å². The molecule has 0 aliphatic rings. The zero-order chi connectivity index (χ0) is 15.1. The van der Waals surface area contributed by atoms with Crippen molar-refractivity contribution in [2.45, 2.75) is 109 Å². The number of nitrogens with zero attached hydrogens (tertiary/aromatic N) is 1. The summed E-state index contributed by atoms with van der Waals surface area (Å²) in [7, 11) is -0.778. The van der Waals surface area contributed by atoms with E-state index in [1.165, 1.54) is 76.7 Å². The van der Waals surface area contributed by atoms with Crippen molar-refractivity contribution in [3.05, 3.63) is 0 Å². The van der Waals surface area contributed by atoms with Gasteiger partial charge in [0.25, 0.3) is 0 Å². The van der Waals surface area contributed by atoms with Gasteiger partial charge in [0, 0.05) is 14.5 Å². The molecule has 2 heteroatoms. The third kappa shape index (κ3) is 17.7. The molecule has 0 spiro atoms. The molecule has 0 atom stereocenters. The highest BCUT2D eigenvalue weighted by Crippen LogP contribution is 2.16. The minimum Gasteiger partial charge on any atom is -0.198 e. The van der Waals surface area contributed by atoms with E-state index in [-0.39, 0.29) is 0 Å². The van der Waals surface area contributed by atoms with Gasteiger partial charge in [-0.05, 0) is 6.42 Å². The van der Waals surface area contributed by atoms with E-state index in [2.05, 4.69) is 25.7 Å². The van der Waals surface area contributed by atoms with Crippen molar-refractivity contribution >= 4 is 8.07 Å². The van der Waals surface area contributed by atoms with Gasteiger partial charge in [0.05, 0.1) is 6.07 Å². The van der Waals surface area contributed by atoms with Crippen molar-refractivity contribution in [1.29, 1.82) is 5.26 Å². The van der Waals surface area contributed by atoms with Gasteiger partial charge >= 0.3 is 0 Å². The Kier molecular flexibility index (Phi) is 13.5. The van der Waals surface area contributed by atoms with Crippen LogP contribution >= 0.6 is 0 Å². The van der Waals surface area contributed by atoms with Crippen molar-refractivity contribution in [2.75, 3.05) is 0 Å². The zero-order valence-electron chi connectivity index (χ0n) is 14.3. The van der Waals surface area contributed by atoms with Crippen LogP contribution in [0.25, 0.3) is 0 Å². The summed E-state index contributed by atoms with van der Waals surface area (Å²) in [5.74, 6) is 0. The molecule has 0 saturated heterocycles. The van der Waals surface area contributed by atoms with Crippen LogP contribution in [-0.4, -0.2) is 8.07 Å². The number of nitriles is 1. The maximum absolute atomic E-state index is 8.43. The van der Waals surface area contributed by atoms with E-state index < -0.39 is 8.07 Å². The van der Waals surface area contributed by atoms with Crippen LogP contribution in [0.15, 0.2) is 0 Å². The molecule has 0 aromatic heterocycles. The van der Waals surface area contributed by atoms with Crippen LogP contribution in [0.4, 0.5) is 0 Å². The molecule has 0 unspecified atom stereocenters. The van der Waals surface area contributed by atoms with Crippen LogP contribution in [-0.2, 0) is 0 Å². The first-order valence-corrected chi connectivity index (χ1v) is 12.6. The highest BCUT2D eigenvalue weighted by molar-refractivity contribution is 6.76. The fourth-order valence-corrected chi connectivity index (χ4v) is 3.94. The average Bonchev–Trinajstić information content (AvgIpc) is 2.38. The average molecular weight is 296 g/mol. The van der Waals surface area contributed by atoms with Crippen molar-refractivity contribution in [2.24, 2.45) is 0 Å². The first-order valence-electron chi connectivity index (χ1n) is 8.93. The lowest BCUT2D eigenvalue weighted by molar-refractivity contribution is 0.545. The molecule has 118 valence electrons. The highest BCUT2D eigenvalue weighted by atomic mass is 28.3. The Bertz CT molecular complexity index is 237. The van der Waals surface area contributed by atoms with Gasteiger partial charge in [-0.25, -0.2) is 0 Å². The van der Waals surface area contributed by atoms with E-state index in [4.69, 9.17) is 5.26 Å². The topological polar surface area (TPSA) is 23.8 Å². The summed E-state index contributed by atoms with van der Waals surface area (Å²) in [5.41, 5.74) is 0. The molecular weight excluding hydrogens is 258 g/mol. The van der Waals surface area contributed by atoms with Crippen LogP contribution in [0.2, 0.25) is 25.7 Å². The van der Waals surface area contributed by atoms with Crippen molar-refractivity contribution < 1.29 is 0 Å². The van der Waals surface area contributed by atoms with E-state index in [0.717, 1.165) is 12.8 Å². The summed E-state index contributed by atoms with van der Waals surface area (Å²) < 4.78 is 0. The summed E-state index contributed by atoms with van der Waals surface area (Å²) in [6, 6.07) is 3.73. The van der Waals surface area contributed by atoms with Crippen LogP contribution in [0.5, 0.6) is 0 Å². The van der Waals surface area contributed by atoms with Gasteiger partial charge in [-0.15, -0.1) is 0 Å². The van der Waals surface area contributed by atoms with E-state index in [0.29, 0.717) is 0 Å². The van der Waals surface area contributed by atoms with E-state index in [9.17, 15) is 0 Å². The summed E-state index contributed by atoms with van der Waals surface area (Å²) in [4.78, 5) is 0. The normalized spacial score (nSPS) is 11.5. The monoisotopic (exact) mass is 295 g/mol. The molecule has 20 heavy (non-hydrogen) atoms. The molecular formula is C18H37NSi. The molecule has 0 heterocycles. The lowest BCUT2D eigenvalue weighted by Crippen LogP contribution is -2.18. The molecule has 0 aliphatic carbocycles. The quantitative estimate of drug-likeness (QED) is 0.252. The minimum absolute atomic E-state index is 0.748. The van der Waals surface area contributed by atoms with E-state index in [1.807, 2.05) is 0 Å². The predicted octanol–water partition coefficient (Wildman–Crippen LogP) is 6.92. The van der Waals surface area contributed by atoms with Gasteiger partial charge in [-0.2, -0.15) is 5.26 Å². The lowest BCUT2D eigenvalue weighted by atomic mass is 10.0. The Morgan fingerprint density at radius 2 is 0.950 bits per heavy atom. The SMILES string of the molecule is C[Si](C)(C)CCCCCCCCCCCCCCC#N. The standard InChI is InChI=1S/C18H37NSi/c1-20(2,3)18-16-14-12-10-8-6-4-5-7-9-11-13-15-17-19/h4-16,18H2,1-3H3. The van der Waals surface area contributed by atoms with Crippen molar-refractivity contribution in [1.82, 2.24) is 0 Å². The van der Waals surface area contributed by atoms with Gasteiger partial charge in [0.1, 0.15) is 0 Å². The second kappa shape index (κ2) is 13.7. The first kappa shape index (κ1) is 19.7. The van der Waals surface area contributed by atoms with Crippen molar-refractivity contribution in [3.63, 3.8) is 0 Å². The molecule has 0 aliphatic heterocycles. The smallest absolute Gasteiger partial charge is 0.0621 e. The number of rotatable bonds is 14. The molecule has 0 saturated carbocycles. The fourth-order valence-electron chi connectivity index (χ4n) is 2.63. The lowest BCUT2D eigenvalue weighted by Gasteiger charge is -2.14. The molecule has 0 aromatic rings. The van der Waals surface area contributed by atoms with Crippen LogP contribution in [0.1, 0.15) is 83.5 Å². The third-order valence-electron chi connectivity index (χ3n) is 3.97. The molecule has 1 nitrogen and oxygen atoms in total. The van der Waals surface area contributed by atoms with Crippen LogP contribution in [0.3, 0.4) is 0 Å². The fraction of sp³-hybridized carbons (Fsp3) is 0.944. The second-order valence-corrected chi connectivity index (χ2v) is 13.1. The Labute approximate surface area is 129 Å². The summed E-state index contributed by atoms with van der Waals surface area (Å²) in [6.07, 6.45) is 17.4. The minimum atomic E-state index is -0.778. The summed E-state index contributed by atoms with van der Waals surface area (Å²) in [6.45, 7) is 7.44. The van der Waals surface area contributed by atoms with E-state index >= 15 is 0 Å². The summed E-state index contributed by atoms with van der Waals surface area (Å²) in [5, 5.41) is 8.43. The number of unbranched alkanes of at least 4 members (excludes halogenated alkanes) is 12. The van der Waals surface area contributed by atoms with Gasteiger partial charge in [-0.1, -0.05) is 96.3 Å². The molecule has 0 N–H and O–H groups in total. The van der Waals surface area contributed by atoms with Gasteiger partial charge in [-0.3, -0.25) is 0 Å². The first-order chi connectivity index (χ1) is 9.56. The summed E-state index contributed by atoms with van der Waals surface area (Å²) >= 11 is 0. The van der Waals surface area contributed by atoms with E-state index in [1.54, 1.807) is 0 Å². The van der Waals surface area contributed by atoms with Crippen LogP contribution in [0, 0.1) is 11.3 Å². The van der Waals surface area contributed by atoms with Gasteiger partial charge in [0.15, 0.2) is 0 Å². The molecule has 0 aromatic carbocycles. The van der Waals surface area contributed by atoms with Crippen LogP contribution < -0.4 is 0 Å². The Morgan fingerprint density at radius 3 is 1.30 bits per heavy atom. The Morgan fingerprint density at radius 1 is 0.600 bits per heavy atom. The number of hydrogen-bond acceptors (Lipinski definition) is 1. The predicted molar refractivity (Wildman–Crippen MR) is 93.8 cm³/mol. The molecule has 0 amide bonds. The molecule has 0 rings (SSSR count). The van der Waals surface area contributed by atoms with Gasteiger partial charge < -0.3 is 0 Å². The second-order valence-electron chi connectivity index (χ2n) is 7.46. The Balaban J connectivity index is 3.01. The zero-order valence-corrected chi connectivity index (χ0v) is 15.3. The maximum atomic E-state index is 8.43. The number of hydrogen-bond donors (Lipinski definition) is 0. The Hall–Kier alpha value is -0.293.